The number of carbonyl (C=O) groups excluding carboxylic acids is 1. The van der Waals surface area contributed by atoms with E-state index in [1.54, 1.807) is 7.11 Å². The standard InChI is InChI=1S/C21H25N3O2/c1-15(2)14-24-11-10-16-12-18(8-9-19(16)24)23-21(25)22-13-17-6-4-5-7-20(17)26-3/h4-12,15H,13-14H2,1-3H3,(H2,22,23,25). The molecule has 0 spiro atoms. The lowest BCUT2D eigenvalue weighted by atomic mass is 10.2. The second-order valence-corrected chi connectivity index (χ2v) is 6.76. The fourth-order valence-corrected chi connectivity index (χ4v) is 3.03. The van der Waals surface area contributed by atoms with Crippen LogP contribution in [0.3, 0.4) is 0 Å². The molecule has 0 aliphatic carbocycles. The van der Waals surface area contributed by atoms with Gasteiger partial charge in [-0.15, -0.1) is 0 Å². The molecular weight excluding hydrogens is 326 g/mol. The number of amides is 2. The van der Waals surface area contributed by atoms with Crippen LogP contribution in [0.5, 0.6) is 5.75 Å². The summed E-state index contributed by atoms with van der Waals surface area (Å²) in [7, 11) is 1.62. The van der Waals surface area contributed by atoms with Crippen molar-refractivity contribution in [2.45, 2.75) is 26.9 Å². The number of fused-ring (bicyclic) bond motifs is 1. The number of anilines is 1. The van der Waals surface area contributed by atoms with Crippen molar-refractivity contribution in [3.63, 3.8) is 0 Å². The molecule has 0 fully saturated rings. The summed E-state index contributed by atoms with van der Waals surface area (Å²) in [6.45, 7) is 5.79. The quantitative estimate of drug-likeness (QED) is 0.680. The van der Waals surface area contributed by atoms with E-state index in [4.69, 9.17) is 4.74 Å². The Labute approximate surface area is 154 Å². The van der Waals surface area contributed by atoms with E-state index in [1.165, 1.54) is 5.52 Å². The van der Waals surface area contributed by atoms with Crippen molar-refractivity contribution >= 4 is 22.6 Å². The highest BCUT2D eigenvalue weighted by molar-refractivity contribution is 5.93. The van der Waals surface area contributed by atoms with E-state index in [9.17, 15) is 4.79 Å². The average molecular weight is 351 g/mol. The van der Waals surface area contributed by atoms with Gasteiger partial charge in [0.05, 0.1) is 7.11 Å². The fraction of sp³-hybridized carbons (Fsp3) is 0.286. The monoisotopic (exact) mass is 351 g/mol. The van der Waals surface area contributed by atoms with E-state index in [0.717, 1.165) is 28.9 Å². The van der Waals surface area contributed by atoms with Gasteiger partial charge in [-0.3, -0.25) is 0 Å². The Hall–Kier alpha value is -2.95. The second-order valence-electron chi connectivity index (χ2n) is 6.76. The number of urea groups is 1. The minimum Gasteiger partial charge on any atom is -0.496 e. The van der Waals surface area contributed by atoms with Gasteiger partial charge in [-0.05, 0) is 36.2 Å². The molecule has 0 aliphatic heterocycles. The smallest absolute Gasteiger partial charge is 0.319 e. The van der Waals surface area contributed by atoms with Crippen molar-refractivity contribution in [2.75, 3.05) is 12.4 Å². The van der Waals surface area contributed by atoms with Crippen molar-refractivity contribution in [3.05, 3.63) is 60.3 Å². The van der Waals surface area contributed by atoms with Crippen molar-refractivity contribution in [2.24, 2.45) is 5.92 Å². The first-order chi connectivity index (χ1) is 12.6. The molecule has 0 saturated carbocycles. The zero-order valence-electron chi connectivity index (χ0n) is 15.5. The van der Waals surface area contributed by atoms with E-state index >= 15 is 0 Å². The van der Waals surface area contributed by atoms with Crippen LogP contribution in [0, 0.1) is 5.92 Å². The van der Waals surface area contributed by atoms with Crippen molar-refractivity contribution in [3.8, 4) is 5.75 Å². The Morgan fingerprint density at radius 1 is 1.15 bits per heavy atom. The first kappa shape index (κ1) is 17.9. The largest absolute Gasteiger partial charge is 0.496 e. The summed E-state index contributed by atoms with van der Waals surface area (Å²) in [6, 6.07) is 15.5. The van der Waals surface area contributed by atoms with Gasteiger partial charge in [-0.1, -0.05) is 32.0 Å². The topological polar surface area (TPSA) is 55.3 Å². The Kier molecular flexibility index (Phi) is 5.46. The summed E-state index contributed by atoms with van der Waals surface area (Å²) >= 11 is 0. The molecule has 5 heteroatoms. The zero-order valence-corrected chi connectivity index (χ0v) is 15.5. The molecule has 2 N–H and O–H groups in total. The third-order valence-corrected chi connectivity index (χ3v) is 4.22. The molecule has 5 nitrogen and oxygen atoms in total. The summed E-state index contributed by atoms with van der Waals surface area (Å²) in [5.41, 5.74) is 2.89. The Balaban J connectivity index is 1.64. The average Bonchev–Trinajstić information content (AvgIpc) is 3.01. The highest BCUT2D eigenvalue weighted by Crippen LogP contribution is 2.22. The number of ether oxygens (including phenoxy) is 1. The first-order valence-corrected chi connectivity index (χ1v) is 8.82. The van der Waals surface area contributed by atoms with Gasteiger partial charge < -0.3 is 19.9 Å². The summed E-state index contributed by atoms with van der Waals surface area (Å²) in [6.07, 6.45) is 2.09. The predicted molar refractivity (Wildman–Crippen MR) is 106 cm³/mol. The molecular formula is C21H25N3O2. The van der Waals surface area contributed by atoms with Crippen LogP contribution in [0.15, 0.2) is 54.7 Å². The predicted octanol–water partition coefficient (Wildman–Crippen LogP) is 4.63. The number of para-hydroxylation sites is 1. The number of hydrogen-bond donors (Lipinski definition) is 2. The molecule has 1 heterocycles. The van der Waals surface area contributed by atoms with Crippen LogP contribution < -0.4 is 15.4 Å². The van der Waals surface area contributed by atoms with Gasteiger partial charge >= 0.3 is 6.03 Å². The van der Waals surface area contributed by atoms with Gasteiger partial charge in [-0.25, -0.2) is 4.79 Å². The SMILES string of the molecule is COc1ccccc1CNC(=O)Nc1ccc2c(ccn2CC(C)C)c1. The molecule has 26 heavy (non-hydrogen) atoms. The molecule has 0 radical (unpaired) electrons. The summed E-state index contributed by atoms with van der Waals surface area (Å²) in [5.74, 6) is 1.35. The number of carbonyl (C=O) groups is 1. The highest BCUT2D eigenvalue weighted by Gasteiger charge is 2.07. The molecule has 0 atom stereocenters. The van der Waals surface area contributed by atoms with Gasteiger partial charge in [0, 0.05) is 41.4 Å². The van der Waals surface area contributed by atoms with Gasteiger partial charge in [0.2, 0.25) is 0 Å². The summed E-state index contributed by atoms with van der Waals surface area (Å²) in [5, 5.41) is 6.88. The van der Waals surface area contributed by atoms with Crippen LogP contribution in [0.2, 0.25) is 0 Å². The minimum absolute atomic E-state index is 0.239. The molecule has 1 aromatic heterocycles. The Morgan fingerprint density at radius 3 is 2.73 bits per heavy atom. The maximum Gasteiger partial charge on any atom is 0.319 e. The number of benzene rings is 2. The van der Waals surface area contributed by atoms with E-state index in [0.29, 0.717) is 12.5 Å². The Morgan fingerprint density at radius 2 is 1.96 bits per heavy atom. The lowest BCUT2D eigenvalue weighted by Gasteiger charge is -2.11. The van der Waals surface area contributed by atoms with Crippen molar-refractivity contribution in [1.29, 1.82) is 0 Å². The fourth-order valence-electron chi connectivity index (χ4n) is 3.03. The first-order valence-electron chi connectivity index (χ1n) is 8.82. The van der Waals surface area contributed by atoms with E-state index in [1.807, 2.05) is 42.5 Å². The molecule has 3 aromatic rings. The zero-order chi connectivity index (χ0) is 18.5. The number of nitrogens with one attached hydrogen (secondary N) is 2. The second kappa shape index (κ2) is 7.95. The summed E-state index contributed by atoms with van der Waals surface area (Å²) in [4.78, 5) is 12.2. The maximum absolute atomic E-state index is 12.2. The van der Waals surface area contributed by atoms with Gasteiger partial charge in [0.1, 0.15) is 5.75 Å². The summed E-state index contributed by atoms with van der Waals surface area (Å²) < 4.78 is 7.54. The number of methoxy groups -OCH3 is 1. The normalized spacial score (nSPS) is 10.9. The van der Waals surface area contributed by atoms with Crippen LogP contribution in [0.1, 0.15) is 19.4 Å². The highest BCUT2D eigenvalue weighted by atomic mass is 16.5. The molecule has 0 unspecified atom stereocenters. The van der Waals surface area contributed by atoms with E-state index in [-0.39, 0.29) is 6.03 Å². The Bertz CT molecular complexity index is 899. The molecule has 0 bridgehead atoms. The molecule has 136 valence electrons. The van der Waals surface area contributed by atoms with Gasteiger partial charge in [0.15, 0.2) is 0 Å². The van der Waals surface area contributed by atoms with Crippen LogP contribution in [-0.2, 0) is 13.1 Å². The van der Waals surface area contributed by atoms with Crippen LogP contribution in [0.25, 0.3) is 10.9 Å². The lowest BCUT2D eigenvalue weighted by molar-refractivity contribution is 0.251. The number of nitrogens with zero attached hydrogens (tertiary/aromatic N) is 1. The third kappa shape index (κ3) is 4.17. The lowest BCUT2D eigenvalue weighted by Crippen LogP contribution is -2.28. The van der Waals surface area contributed by atoms with E-state index in [2.05, 4.69) is 41.3 Å². The van der Waals surface area contributed by atoms with Crippen molar-refractivity contribution in [1.82, 2.24) is 9.88 Å². The molecule has 3 rings (SSSR count). The third-order valence-electron chi connectivity index (χ3n) is 4.22. The van der Waals surface area contributed by atoms with Crippen LogP contribution in [0.4, 0.5) is 10.5 Å². The molecule has 0 saturated heterocycles. The van der Waals surface area contributed by atoms with E-state index < -0.39 is 0 Å². The van der Waals surface area contributed by atoms with Gasteiger partial charge in [-0.2, -0.15) is 0 Å². The molecule has 2 amide bonds. The van der Waals surface area contributed by atoms with Crippen molar-refractivity contribution < 1.29 is 9.53 Å². The molecule has 2 aromatic carbocycles. The van der Waals surface area contributed by atoms with Gasteiger partial charge in [0.25, 0.3) is 0 Å². The number of hydrogen-bond acceptors (Lipinski definition) is 2. The molecule has 0 aliphatic rings. The number of aromatic nitrogens is 1. The number of rotatable bonds is 6. The van der Waals surface area contributed by atoms with Crippen LogP contribution in [-0.4, -0.2) is 17.7 Å². The van der Waals surface area contributed by atoms with Crippen LogP contribution >= 0.6 is 0 Å². The minimum atomic E-state index is -0.239. The maximum atomic E-state index is 12.2.